The van der Waals surface area contributed by atoms with Gasteiger partial charge in [-0.05, 0) is 11.0 Å². The van der Waals surface area contributed by atoms with Crippen LogP contribution in [0, 0.1) is 0 Å². The minimum Gasteiger partial charge on any atom is -0.0149 e. The summed E-state index contributed by atoms with van der Waals surface area (Å²) in [4.78, 5) is 0. The second-order valence-corrected chi connectivity index (χ2v) is 0. The fourth-order valence-corrected chi connectivity index (χ4v) is 0. The summed E-state index contributed by atoms with van der Waals surface area (Å²) in [5.74, 6) is 0. The Morgan fingerprint density at radius 3 is 1.00 bits per heavy atom. The Morgan fingerprint density at radius 1 is 1.00 bits per heavy atom. The first-order valence-corrected chi connectivity index (χ1v) is 0. The van der Waals surface area contributed by atoms with Gasteiger partial charge in [0.05, 0.1) is 0 Å². The van der Waals surface area contributed by atoms with Gasteiger partial charge in [-0.1, -0.05) is 0 Å². The molecule has 0 saturated carbocycles. The molecule has 0 atom stereocenters. The van der Waals surface area contributed by atoms with E-state index in [0.29, 0.717) is 0 Å². The molecule has 0 aliphatic rings. The van der Waals surface area contributed by atoms with Crippen molar-refractivity contribution in [3.05, 3.63) is 0 Å². The molecule has 4 heteroatoms. The molecule has 0 nitrogen and oxygen atoms in total. The van der Waals surface area contributed by atoms with Crippen molar-refractivity contribution in [2.75, 3.05) is 0 Å². The van der Waals surface area contributed by atoms with Crippen LogP contribution in [0.4, 0.5) is 0 Å². The minimum atomic E-state index is 0. The van der Waals surface area contributed by atoms with Crippen LogP contribution in [0.15, 0.2) is 0 Å². The van der Waals surface area contributed by atoms with Crippen LogP contribution in [-0.4, -0.2) is 11.0 Å². The Kier molecular flexibility index (Phi) is 196. The summed E-state index contributed by atoms with van der Waals surface area (Å²) in [6.07, 6.45) is 0. The van der Waals surface area contributed by atoms with Gasteiger partial charge in [0.25, 0.3) is 0 Å². The molecule has 0 aromatic rings. The van der Waals surface area contributed by atoms with E-state index in [9.17, 15) is 0 Å². The van der Waals surface area contributed by atoms with Gasteiger partial charge in [-0.25, -0.2) is 0 Å². The van der Waals surface area contributed by atoms with Crippen molar-refractivity contribution >= 4 is 11.0 Å². The zero-order valence-electron chi connectivity index (χ0n) is 1.09. The van der Waals surface area contributed by atoms with Crippen LogP contribution in [0.2, 0.25) is 0 Å². The smallest absolute Gasteiger partial charge is 0 e. The molecule has 0 amide bonds. The molecule has 0 unspecified atom stereocenters. The van der Waals surface area contributed by atoms with E-state index in [1.165, 1.54) is 0 Å². The van der Waals surface area contributed by atoms with E-state index in [2.05, 4.69) is 0 Å². The molecule has 0 saturated heterocycles. The quantitative estimate of drug-likeness (QED) is 0.475. The van der Waals surface area contributed by atoms with Crippen molar-refractivity contribution < 1.29 is 55.2 Å². The molecule has 0 aromatic carbocycles. The van der Waals surface area contributed by atoms with Crippen molar-refractivity contribution in [3.8, 4) is 0 Å². The second kappa shape index (κ2) is 20.3. The predicted molar refractivity (Wildman–Crippen MR) is 11.3 cm³/mol. The molecular weight excluding hydrogens is 330 g/mol. The summed E-state index contributed by atoms with van der Waals surface area (Å²) in [7, 11) is 0. The molecule has 0 fully saturated rings. The summed E-state index contributed by atoms with van der Waals surface area (Å²) < 4.78 is 0. The van der Waals surface area contributed by atoms with E-state index in [4.69, 9.17) is 0 Å². The molecule has 32 valence electrons. The van der Waals surface area contributed by atoms with E-state index in [1.807, 2.05) is 0 Å². The van der Waals surface area contributed by atoms with Crippen LogP contribution in [-0.2, 0) is 55.2 Å². The first-order valence-electron chi connectivity index (χ1n) is 0. The summed E-state index contributed by atoms with van der Waals surface area (Å²) in [5.41, 5.74) is 0. The van der Waals surface area contributed by atoms with Gasteiger partial charge >= 0.3 is 0 Å². The van der Waals surface area contributed by atoms with Gasteiger partial charge in [0.2, 0.25) is 0 Å². The largest absolute Gasteiger partial charge is 0.0149 e. The fraction of sp³-hybridized carbons (Fsp3) is 0. The zero-order chi connectivity index (χ0) is 0. The first-order chi connectivity index (χ1) is 0. The molecule has 0 aliphatic carbocycles. The third-order valence-electron chi connectivity index (χ3n) is 0. The Morgan fingerprint density at radius 2 is 1.00 bits per heavy atom. The number of hydrogen-bond acceptors (Lipinski definition) is 0. The standard InChI is InChI=1S/Cu.Mn.H4Si.W/h;;1H4;. The normalized spacial score (nSPS) is 0. The molecule has 0 heterocycles. The van der Waals surface area contributed by atoms with Gasteiger partial charge in [-0.3, -0.25) is 0 Å². The number of hydrogen-bond donors (Lipinski definition) is 0. The average Bonchev–Trinajstić information content (AvgIpc) is 0. The van der Waals surface area contributed by atoms with Crippen LogP contribution in [0.3, 0.4) is 0 Å². The fourth-order valence-electron chi connectivity index (χ4n) is 0. The van der Waals surface area contributed by atoms with Crippen molar-refractivity contribution in [1.82, 2.24) is 0 Å². The van der Waals surface area contributed by atoms with Crippen molar-refractivity contribution in [1.29, 1.82) is 0 Å². The molecule has 4 heavy (non-hydrogen) atoms. The third kappa shape index (κ3) is 9.05. The number of rotatable bonds is 0. The van der Waals surface area contributed by atoms with Gasteiger partial charge in [0, 0.05) is 55.2 Å². The maximum Gasteiger partial charge on any atom is 0 e. The van der Waals surface area contributed by atoms with Gasteiger partial charge in [0.15, 0.2) is 0 Å². The van der Waals surface area contributed by atoms with E-state index in [-0.39, 0.29) is 66.2 Å². The molecule has 0 aromatic heterocycles. The van der Waals surface area contributed by atoms with Crippen LogP contribution >= 0.6 is 0 Å². The Balaban J connectivity index is 0. The summed E-state index contributed by atoms with van der Waals surface area (Å²) in [6.45, 7) is 0. The van der Waals surface area contributed by atoms with Crippen molar-refractivity contribution in [2.45, 2.75) is 0 Å². The van der Waals surface area contributed by atoms with E-state index < -0.39 is 0 Å². The summed E-state index contributed by atoms with van der Waals surface area (Å²) in [5, 5.41) is 0. The van der Waals surface area contributed by atoms with Gasteiger partial charge in [-0.2, -0.15) is 0 Å². The second-order valence-electron chi connectivity index (χ2n) is 0. The average molecular weight is 334 g/mol. The molecule has 0 spiro atoms. The molecule has 0 rings (SSSR count). The molecule has 0 N–H and O–H groups in total. The monoisotopic (exact) mass is 334 g/mol. The topological polar surface area (TPSA) is 0 Å². The third-order valence-corrected chi connectivity index (χ3v) is 0. The zero-order valence-corrected chi connectivity index (χ0v) is 6.14. The Bertz CT molecular complexity index is 8.00. The summed E-state index contributed by atoms with van der Waals surface area (Å²) in [6, 6.07) is 0. The molecule has 0 bridgehead atoms. The Hall–Kier alpha value is 1.94. The van der Waals surface area contributed by atoms with Crippen LogP contribution < -0.4 is 0 Å². The maximum absolute atomic E-state index is 0. The van der Waals surface area contributed by atoms with Crippen molar-refractivity contribution in [3.63, 3.8) is 0 Å². The predicted octanol–water partition coefficient (Wildman–Crippen LogP) is -1.46. The van der Waals surface area contributed by atoms with Gasteiger partial charge in [0.1, 0.15) is 0 Å². The van der Waals surface area contributed by atoms with Gasteiger partial charge < -0.3 is 0 Å². The van der Waals surface area contributed by atoms with E-state index in [0.717, 1.165) is 0 Å². The van der Waals surface area contributed by atoms with E-state index >= 15 is 0 Å². The summed E-state index contributed by atoms with van der Waals surface area (Å²) >= 11 is 0. The van der Waals surface area contributed by atoms with Crippen molar-refractivity contribution in [2.24, 2.45) is 0 Å². The van der Waals surface area contributed by atoms with Crippen LogP contribution in [0.25, 0.3) is 0 Å². The molecular formula is H4CuMnSiW. The maximum atomic E-state index is 0. The van der Waals surface area contributed by atoms with E-state index in [1.54, 1.807) is 0 Å². The molecule has 2 radical (unpaired) electrons. The Labute approximate surface area is 65.7 Å². The SMILES string of the molecule is [Cu].[Mn].[SiH4].[W]. The molecule has 0 aliphatic heterocycles. The van der Waals surface area contributed by atoms with Gasteiger partial charge in [-0.15, -0.1) is 0 Å². The minimum absolute atomic E-state index is 0. The first kappa shape index (κ1) is 38.4. The van der Waals surface area contributed by atoms with Crippen LogP contribution in [0.5, 0.6) is 0 Å². The van der Waals surface area contributed by atoms with Crippen LogP contribution in [0.1, 0.15) is 0 Å².